The van der Waals surface area contributed by atoms with Crippen LogP contribution in [0.15, 0.2) is 60.5 Å². The summed E-state index contributed by atoms with van der Waals surface area (Å²) in [5.41, 5.74) is 1.40. The van der Waals surface area contributed by atoms with E-state index in [0.717, 1.165) is 0 Å². The Morgan fingerprint density at radius 1 is 1.10 bits per heavy atom. The average molecular weight is 281 g/mol. The number of carboxylic acid groups (broad SMARTS) is 1. The molecule has 0 radical (unpaired) electrons. The Labute approximate surface area is 120 Å². The van der Waals surface area contributed by atoms with Gasteiger partial charge in [-0.3, -0.25) is 4.79 Å². The third-order valence-corrected chi connectivity index (χ3v) is 3.08. The number of carboxylic acids is 1. The molecule has 5 nitrogen and oxygen atoms in total. The Morgan fingerprint density at radius 3 is 2.48 bits per heavy atom. The zero-order chi connectivity index (χ0) is 14.8. The fourth-order valence-electron chi connectivity index (χ4n) is 1.99. The van der Waals surface area contributed by atoms with Crippen LogP contribution in [0.2, 0.25) is 0 Å². The molecular weight excluding hydrogens is 270 g/mol. The molecule has 2 aromatic carbocycles. The number of Topliss-reactive ketones (excluding diaryl/α,β-unsaturated/α-hetero) is 1. The lowest BCUT2D eigenvalue weighted by Crippen LogP contribution is -2.02. The lowest BCUT2D eigenvalue weighted by atomic mass is 10.1. The minimum absolute atomic E-state index is 0.180. The molecule has 3 rings (SSSR count). The van der Waals surface area contributed by atoms with Gasteiger partial charge in [-0.25, -0.2) is 4.79 Å². The van der Waals surface area contributed by atoms with Crippen molar-refractivity contribution in [3.8, 4) is 5.75 Å². The van der Waals surface area contributed by atoms with Gasteiger partial charge in [0.15, 0.2) is 5.76 Å². The number of aromatic carboxylic acids is 1. The largest absolute Gasteiger partial charge is 0.478 e. The highest BCUT2D eigenvalue weighted by molar-refractivity contribution is 6.12. The molecule has 1 heterocycles. The highest BCUT2D eigenvalue weighted by atomic mass is 16.5. The van der Waals surface area contributed by atoms with E-state index >= 15 is 0 Å². The molecule has 0 bridgehead atoms. The van der Waals surface area contributed by atoms with Crippen LogP contribution >= 0.6 is 0 Å². The SMILES string of the molecule is O=C(O)c1ccc(N/C=C2\Oc3ccccc3C2=O)cc1. The molecule has 0 fully saturated rings. The molecule has 2 N–H and O–H groups in total. The van der Waals surface area contributed by atoms with Crippen molar-refractivity contribution in [2.75, 3.05) is 5.32 Å². The first-order valence-corrected chi connectivity index (χ1v) is 6.27. The van der Waals surface area contributed by atoms with Crippen molar-refractivity contribution >= 4 is 17.4 Å². The van der Waals surface area contributed by atoms with Crippen molar-refractivity contribution < 1.29 is 19.4 Å². The standard InChI is InChI=1S/C16H11NO4/c18-15-12-3-1-2-4-13(12)21-14(15)9-17-11-7-5-10(6-8-11)16(19)20/h1-9,17H,(H,19,20)/b14-9-. The minimum atomic E-state index is -0.982. The van der Waals surface area contributed by atoms with E-state index in [9.17, 15) is 9.59 Å². The summed E-state index contributed by atoms with van der Waals surface area (Å²) in [6, 6.07) is 13.2. The van der Waals surface area contributed by atoms with Crippen molar-refractivity contribution in [2.24, 2.45) is 0 Å². The lowest BCUT2D eigenvalue weighted by molar-refractivity contribution is 0.0696. The summed E-state index contributed by atoms with van der Waals surface area (Å²) < 4.78 is 5.46. The van der Waals surface area contributed by atoms with Gasteiger partial charge >= 0.3 is 5.97 Å². The van der Waals surface area contributed by atoms with E-state index in [1.807, 2.05) is 0 Å². The Morgan fingerprint density at radius 2 is 1.81 bits per heavy atom. The molecule has 5 heteroatoms. The second-order valence-electron chi connectivity index (χ2n) is 4.46. The highest BCUT2D eigenvalue weighted by Crippen LogP contribution is 2.30. The van der Waals surface area contributed by atoms with Gasteiger partial charge in [0.25, 0.3) is 0 Å². The highest BCUT2D eigenvalue weighted by Gasteiger charge is 2.26. The number of rotatable bonds is 3. The normalized spacial score (nSPS) is 14.7. The first-order chi connectivity index (χ1) is 10.1. The van der Waals surface area contributed by atoms with Crippen LogP contribution in [-0.2, 0) is 0 Å². The lowest BCUT2D eigenvalue weighted by Gasteiger charge is -2.02. The van der Waals surface area contributed by atoms with Crippen LogP contribution in [0.4, 0.5) is 5.69 Å². The topological polar surface area (TPSA) is 75.6 Å². The molecule has 0 aromatic heterocycles. The summed E-state index contributed by atoms with van der Waals surface area (Å²) in [7, 11) is 0. The Kier molecular flexibility index (Phi) is 3.16. The van der Waals surface area contributed by atoms with Crippen LogP contribution in [0.1, 0.15) is 20.7 Å². The van der Waals surface area contributed by atoms with E-state index in [2.05, 4.69) is 5.32 Å². The van der Waals surface area contributed by atoms with Crippen molar-refractivity contribution in [2.45, 2.75) is 0 Å². The number of anilines is 1. The number of ketones is 1. The molecule has 1 aliphatic heterocycles. The number of para-hydroxylation sites is 1. The number of ether oxygens (including phenoxy) is 1. The molecule has 0 aliphatic carbocycles. The van der Waals surface area contributed by atoms with Crippen LogP contribution in [0.25, 0.3) is 0 Å². The van der Waals surface area contributed by atoms with Crippen LogP contribution in [0.5, 0.6) is 5.75 Å². The summed E-state index contributed by atoms with van der Waals surface area (Å²) in [6.45, 7) is 0. The molecule has 1 aliphatic rings. The quantitative estimate of drug-likeness (QED) is 0.846. The van der Waals surface area contributed by atoms with Crippen molar-refractivity contribution in [1.82, 2.24) is 0 Å². The maximum Gasteiger partial charge on any atom is 0.335 e. The maximum absolute atomic E-state index is 12.1. The number of carbonyl (C=O) groups excluding carboxylic acids is 1. The fraction of sp³-hybridized carbons (Fsp3) is 0. The number of fused-ring (bicyclic) bond motifs is 1. The monoisotopic (exact) mass is 281 g/mol. The van der Waals surface area contributed by atoms with Gasteiger partial charge in [-0.05, 0) is 36.4 Å². The number of hydrogen-bond acceptors (Lipinski definition) is 4. The third-order valence-electron chi connectivity index (χ3n) is 3.08. The van der Waals surface area contributed by atoms with Gasteiger partial charge in [-0.2, -0.15) is 0 Å². The predicted molar refractivity (Wildman–Crippen MR) is 76.5 cm³/mol. The van der Waals surface area contributed by atoms with Gasteiger partial charge in [0.05, 0.1) is 11.1 Å². The van der Waals surface area contributed by atoms with Crippen LogP contribution < -0.4 is 10.1 Å². The molecule has 21 heavy (non-hydrogen) atoms. The van der Waals surface area contributed by atoms with E-state index in [1.54, 1.807) is 36.4 Å². The molecular formula is C16H11NO4. The number of nitrogens with one attached hydrogen (secondary N) is 1. The first kappa shape index (κ1) is 12.9. The van der Waals surface area contributed by atoms with E-state index in [1.165, 1.54) is 18.3 Å². The summed E-state index contributed by atoms with van der Waals surface area (Å²) in [5.74, 6) is -0.416. The van der Waals surface area contributed by atoms with Crippen molar-refractivity contribution in [1.29, 1.82) is 0 Å². The van der Waals surface area contributed by atoms with E-state index in [-0.39, 0.29) is 17.1 Å². The molecule has 0 spiro atoms. The Balaban J connectivity index is 1.76. The van der Waals surface area contributed by atoms with Gasteiger partial charge in [-0.1, -0.05) is 12.1 Å². The Hall–Kier alpha value is -3.08. The van der Waals surface area contributed by atoms with Crippen molar-refractivity contribution in [3.63, 3.8) is 0 Å². The summed E-state index contributed by atoms with van der Waals surface area (Å²) in [6.07, 6.45) is 1.47. The van der Waals surface area contributed by atoms with E-state index < -0.39 is 5.97 Å². The van der Waals surface area contributed by atoms with E-state index in [0.29, 0.717) is 17.0 Å². The molecule has 0 amide bonds. The zero-order valence-corrected chi connectivity index (χ0v) is 10.9. The van der Waals surface area contributed by atoms with Crippen LogP contribution in [0.3, 0.4) is 0 Å². The van der Waals surface area contributed by atoms with Gasteiger partial charge < -0.3 is 15.2 Å². The number of benzene rings is 2. The Bertz CT molecular complexity index is 747. The van der Waals surface area contributed by atoms with Crippen LogP contribution in [-0.4, -0.2) is 16.9 Å². The molecule has 2 aromatic rings. The first-order valence-electron chi connectivity index (χ1n) is 6.27. The van der Waals surface area contributed by atoms with E-state index in [4.69, 9.17) is 9.84 Å². The fourth-order valence-corrected chi connectivity index (χ4v) is 1.99. The second-order valence-corrected chi connectivity index (χ2v) is 4.46. The summed E-state index contributed by atoms with van der Waals surface area (Å²) in [4.78, 5) is 22.8. The van der Waals surface area contributed by atoms with Crippen molar-refractivity contribution in [3.05, 3.63) is 71.6 Å². The average Bonchev–Trinajstić information content (AvgIpc) is 2.82. The summed E-state index contributed by atoms with van der Waals surface area (Å²) >= 11 is 0. The molecule has 0 saturated carbocycles. The summed E-state index contributed by atoms with van der Waals surface area (Å²) in [5, 5.41) is 11.7. The second kappa shape index (κ2) is 5.13. The zero-order valence-electron chi connectivity index (χ0n) is 10.9. The van der Waals surface area contributed by atoms with Gasteiger partial charge in [-0.15, -0.1) is 0 Å². The molecule has 104 valence electrons. The molecule has 0 unspecified atom stereocenters. The number of hydrogen-bond donors (Lipinski definition) is 2. The van der Waals surface area contributed by atoms with Crippen LogP contribution in [0, 0.1) is 0 Å². The van der Waals surface area contributed by atoms with Gasteiger partial charge in [0.1, 0.15) is 5.75 Å². The number of carbonyl (C=O) groups is 2. The predicted octanol–water partition coefficient (Wildman–Crippen LogP) is 2.91. The third kappa shape index (κ3) is 2.49. The van der Waals surface area contributed by atoms with Gasteiger partial charge in [0.2, 0.25) is 5.78 Å². The molecule has 0 saturated heterocycles. The smallest absolute Gasteiger partial charge is 0.335 e. The minimum Gasteiger partial charge on any atom is -0.478 e. The molecule has 0 atom stereocenters. The maximum atomic E-state index is 12.1. The number of allylic oxidation sites excluding steroid dienone is 1. The van der Waals surface area contributed by atoms with Gasteiger partial charge in [0, 0.05) is 11.9 Å².